The topological polar surface area (TPSA) is 38.7 Å². The highest BCUT2D eigenvalue weighted by Gasteiger charge is 2.19. The normalized spacial score (nSPS) is 15.8. The van der Waals surface area contributed by atoms with Crippen molar-refractivity contribution >= 4 is 11.6 Å². The van der Waals surface area contributed by atoms with Gasteiger partial charge in [0.1, 0.15) is 11.0 Å². The van der Waals surface area contributed by atoms with Crippen LogP contribution in [0.2, 0.25) is 5.15 Å². The second-order valence-corrected chi connectivity index (χ2v) is 5.43. The molecule has 0 radical (unpaired) electrons. The number of hydrogen-bond donors (Lipinski definition) is 0. The van der Waals surface area contributed by atoms with E-state index in [1.165, 1.54) is 25.7 Å². The number of hydrogen-bond acceptors (Lipinski definition) is 3. The summed E-state index contributed by atoms with van der Waals surface area (Å²) in [7, 11) is 0. The van der Waals surface area contributed by atoms with Crippen LogP contribution < -0.4 is 0 Å². The lowest BCUT2D eigenvalue weighted by atomic mass is 10.0. The van der Waals surface area contributed by atoms with Crippen molar-refractivity contribution in [3.05, 3.63) is 52.8 Å². The summed E-state index contributed by atoms with van der Waals surface area (Å²) in [5.41, 5.74) is 2.27. The lowest BCUT2D eigenvalue weighted by Gasteiger charge is -2.10. The van der Waals surface area contributed by atoms with Crippen LogP contribution in [-0.4, -0.2) is 15.0 Å². The fraction of sp³-hybridized carbons (Fsp3) is 0.400. The minimum Gasteiger partial charge on any atom is -0.265 e. The van der Waals surface area contributed by atoms with E-state index in [1.54, 1.807) is 12.4 Å². The minimum absolute atomic E-state index is 0.556. The quantitative estimate of drug-likeness (QED) is 0.799. The van der Waals surface area contributed by atoms with Crippen LogP contribution in [0.4, 0.5) is 0 Å². The van der Waals surface area contributed by atoms with Crippen LogP contribution in [0.5, 0.6) is 0 Å². The molecule has 3 rings (SSSR count). The molecule has 98 valence electrons. The van der Waals surface area contributed by atoms with E-state index in [2.05, 4.69) is 9.97 Å². The van der Waals surface area contributed by atoms with Crippen molar-refractivity contribution in [2.75, 3.05) is 0 Å². The fourth-order valence-corrected chi connectivity index (χ4v) is 2.89. The van der Waals surface area contributed by atoms with E-state index in [9.17, 15) is 0 Å². The van der Waals surface area contributed by atoms with Crippen LogP contribution in [0, 0.1) is 0 Å². The third-order valence-electron chi connectivity index (χ3n) is 3.65. The molecule has 0 spiro atoms. The van der Waals surface area contributed by atoms with Crippen LogP contribution in [0.3, 0.4) is 0 Å². The lowest BCUT2D eigenvalue weighted by molar-refractivity contribution is 0.686. The summed E-state index contributed by atoms with van der Waals surface area (Å²) in [6.45, 7) is 0. The Morgan fingerprint density at radius 3 is 2.58 bits per heavy atom. The largest absolute Gasteiger partial charge is 0.265 e. The molecule has 0 bridgehead atoms. The van der Waals surface area contributed by atoms with E-state index < -0.39 is 0 Å². The molecule has 0 aromatic carbocycles. The Morgan fingerprint density at radius 1 is 1.11 bits per heavy atom. The summed E-state index contributed by atoms with van der Waals surface area (Å²) >= 11 is 6.13. The average molecular weight is 274 g/mol. The maximum absolute atomic E-state index is 6.13. The van der Waals surface area contributed by atoms with Crippen molar-refractivity contribution in [1.29, 1.82) is 0 Å². The first-order valence-corrected chi connectivity index (χ1v) is 7.11. The van der Waals surface area contributed by atoms with Gasteiger partial charge in [-0.25, -0.2) is 9.97 Å². The maximum Gasteiger partial charge on any atom is 0.134 e. The van der Waals surface area contributed by atoms with E-state index in [4.69, 9.17) is 16.6 Å². The summed E-state index contributed by atoms with van der Waals surface area (Å²) in [6.07, 6.45) is 9.33. The first kappa shape index (κ1) is 12.5. The zero-order valence-corrected chi connectivity index (χ0v) is 11.5. The molecule has 2 aromatic heterocycles. The number of aromatic nitrogens is 3. The molecule has 2 heterocycles. The summed E-state index contributed by atoms with van der Waals surface area (Å²) in [5, 5.41) is 0.556. The maximum atomic E-state index is 6.13. The summed E-state index contributed by atoms with van der Waals surface area (Å²) in [6, 6.07) is 5.90. The lowest BCUT2D eigenvalue weighted by Crippen LogP contribution is -2.04. The zero-order chi connectivity index (χ0) is 13.1. The van der Waals surface area contributed by atoms with Crippen molar-refractivity contribution in [1.82, 2.24) is 15.0 Å². The van der Waals surface area contributed by atoms with E-state index in [0.29, 0.717) is 17.5 Å². The standard InChI is InChI=1S/C15H16ClN3/c16-14-10-13(12-3-1-2-4-12)18-15(19-14)9-11-5-7-17-8-6-11/h5-8,10,12H,1-4,9H2. The molecule has 0 N–H and O–H groups in total. The van der Waals surface area contributed by atoms with Gasteiger partial charge < -0.3 is 0 Å². The monoisotopic (exact) mass is 273 g/mol. The number of pyridine rings is 1. The van der Waals surface area contributed by atoms with Gasteiger partial charge in [-0.05, 0) is 36.6 Å². The van der Waals surface area contributed by atoms with E-state index in [0.717, 1.165) is 17.1 Å². The first-order chi connectivity index (χ1) is 9.31. The molecule has 0 atom stereocenters. The van der Waals surface area contributed by atoms with Gasteiger partial charge in [0.2, 0.25) is 0 Å². The number of rotatable bonds is 3. The molecule has 0 saturated heterocycles. The predicted molar refractivity (Wildman–Crippen MR) is 75.3 cm³/mol. The van der Waals surface area contributed by atoms with Gasteiger partial charge in [-0.1, -0.05) is 24.4 Å². The van der Waals surface area contributed by atoms with Gasteiger partial charge in [0.25, 0.3) is 0 Å². The molecule has 3 nitrogen and oxygen atoms in total. The summed E-state index contributed by atoms with van der Waals surface area (Å²) in [5.74, 6) is 1.37. The van der Waals surface area contributed by atoms with Gasteiger partial charge in [0.15, 0.2) is 0 Å². The summed E-state index contributed by atoms with van der Waals surface area (Å²) in [4.78, 5) is 13.0. The average Bonchev–Trinajstić information content (AvgIpc) is 2.93. The van der Waals surface area contributed by atoms with E-state index in [-0.39, 0.29) is 0 Å². The molecule has 4 heteroatoms. The van der Waals surface area contributed by atoms with E-state index in [1.807, 2.05) is 18.2 Å². The van der Waals surface area contributed by atoms with E-state index >= 15 is 0 Å². The molecule has 1 saturated carbocycles. The zero-order valence-electron chi connectivity index (χ0n) is 10.7. The van der Waals surface area contributed by atoms with Crippen LogP contribution in [-0.2, 0) is 6.42 Å². The molecule has 2 aromatic rings. The van der Waals surface area contributed by atoms with Crippen molar-refractivity contribution in [3.63, 3.8) is 0 Å². The molecular formula is C15H16ClN3. The smallest absolute Gasteiger partial charge is 0.134 e. The Morgan fingerprint density at radius 2 is 1.84 bits per heavy atom. The van der Waals surface area contributed by atoms with Crippen molar-refractivity contribution in [3.8, 4) is 0 Å². The Labute approximate surface area is 118 Å². The summed E-state index contributed by atoms with van der Waals surface area (Å²) < 4.78 is 0. The molecular weight excluding hydrogens is 258 g/mol. The minimum atomic E-state index is 0.556. The number of nitrogens with zero attached hydrogens (tertiary/aromatic N) is 3. The molecule has 19 heavy (non-hydrogen) atoms. The van der Waals surface area contributed by atoms with Crippen LogP contribution >= 0.6 is 11.6 Å². The van der Waals surface area contributed by atoms with Crippen molar-refractivity contribution in [2.24, 2.45) is 0 Å². The van der Waals surface area contributed by atoms with Gasteiger partial charge in [0, 0.05) is 30.4 Å². The second kappa shape index (κ2) is 5.66. The third kappa shape index (κ3) is 3.10. The van der Waals surface area contributed by atoms with Gasteiger partial charge in [-0.2, -0.15) is 0 Å². The van der Waals surface area contributed by atoms with Crippen molar-refractivity contribution < 1.29 is 0 Å². The van der Waals surface area contributed by atoms with Crippen molar-refractivity contribution in [2.45, 2.75) is 38.0 Å². The Kier molecular flexibility index (Phi) is 3.74. The molecule has 0 aliphatic heterocycles. The predicted octanol–water partition coefficient (Wildman–Crippen LogP) is 3.77. The first-order valence-electron chi connectivity index (χ1n) is 6.73. The SMILES string of the molecule is Clc1cc(C2CCCC2)nc(Cc2ccncc2)n1. The number of halogens is 1. The molecule has 1 aliphatic carbocycles. The fourth-order valence-electron chi connectivity index (χ4n) is 2.68. The molecule has 1 fully saturated rings. The Hall–Kier alpha value is -1.48. The highest BCUT2D eigenvalue weighted by atomic mass is 35.5. The third-order valence-corrected chi connectivity index (χ3v) is 3.84. The second-order valence-electron chi connectivity index (χ2n) is 5.05. The highest BCUT2D eigenvalue weighted by molar-refractivity contribution is 6.29. The van der Waals surface area contributed by atoms with Crippen LogP contribution in [0.25, 0.3) is 0 Å². The Bertz CT molecular complexity index is 551. The van der Waals surface area contributed by atoms with Gasteiger partial charge in [0.05, 0.1) is 0 Å². The molecule has 1 aliphatic rings. The van der Waals surface area contributed by atoms with Crippen LogP contribution in [0.15, 0.2) is 30.6 Å². The molecule has 0 amide bonds. The highest BCUT2D eigenvalue weighted by Crippen LogP contribution is 2.33. The Balaban J connectivity index is 1.85. The van der Waals surface area contributed by atoms with Gasteiger partial charge >= 0.3 is 0 Å². The van der Waals surface area contributed by atoms with Crippen LogP contribution in [0.1, 0.15) is 48.7 Å². The van der Waals surface area contributed by atoms with Gasteiger partial charge in [-0.3, -0.25) is 4.98 Å². The van der Waals surface area contributed by atoms with Gasteiger partial charge in [-0.15, -0.1) is 0 Å². The molecule has 0 unspecified atom stereocenters.